The molecular formula is C8H19NSi. The van der Waals surface area contributed by atoms with Crippen LogP contribution in [0.3, 0.4) is 0 Å². The third-order valence-electron chi connectivity index (χ3n) is 1.62. The molecule has 60 valence electrons. The monoisotopic (exact) mass is 157 g/mol. The molecule has 0 amide bonds. The number of rotatable bonds is 5. The largest absolute Gasteiger partial charge is 0.334 e. The number of nitrogens with one attached hydrogen (secondary N) is 1. The maximum absolute atomic E-state index is 3.81. The van der Waals surface area contributed by atoms with Gasteiger partial charge in [0.1, 0.15) is 8.24 Å². The minimum Gasteiger partial charge on any atom is -0.334 e. The molecule has 0 aromatic rings. The van der Waals surface area contributed by atoms with Crippen LogP contribution in [0, 0.1) is 0 Å². The Kier molecular flexibility index (Phi) is 4.65. The number of hydrogen-bond acceptors (Lipinski definition) is 1. The van der Waals surface area contributed by atoms with Crippen molar-refractivity contribution in [3.63, 3.8) is 0 Å². The van der Waals surface area contributed by atoms with Gasteiger partial charge in [0.05, 0.1) is 0 Å². The van der Waals surface area contributed by atoms with Gasteiger partial charge in [0.2, 0.25) is 0 Å². The van der Waals surface area contributed by atoms with Gasteiger partial charge in [-0.3, -0.25) is 0 Å². The van der Waals surface area contributed by atoms with E-state index in [0.717, 1.165) is 6.54 Å². The van der Waals surface area contributed by atoms with Crippen molar-refractivity contribution in [3.8, 4) is 0 Å². The molecule has 0 aliphatic carbocycles. The normalized spacial score (nSPS) is 11.5. The third kappa shape index (κ3) is 4.76. The lowest BCUT2D eigenvalue weighted by Gasteiger charge is -2.18. The fraction of sp³-hybridized carbons (Fsp3) is 0.750. The van der Waals surface area contributed by atoms with Crippen LogP contribution in [-0.4, -0.2) is 14.8 Å². The molecule has 0 aliphatic heterocycles. The summed E-state index contributed by atoms with van der Waals surface area (Å²) in [5.41, 5.74) is 2.09. The van der Waals surface area contributed by atoms with E-state index in [1.807, 2.05) is 0 Å². The van der Waals surface area contributed by atoms with Crippen LogP contribution in [0.1, 0.15) is 19.8 Å². The van der Waals surface area contributed by atoms with Gasteiger partial charge in [-0.05, 0) is 13.0 Å². The summed E-state index contributed by atoms with van der Waals surface area (Å²) < 4.78 is 0. The standard InChI is InChI=1S/C8H19NSi/c1-5-7-8-9-10(3,4)6-2/h6,9H,2,5,7-8H2,1,3-4H3. The van der Waals surface area contributed by atoms with Crippen LogP contribution in [-0.2, 0) is 0 Å². The average molecular weight is 157 g/mol. The Bertz CT molecular complexity index is 99.4. The van der Waals surface area contributed by atoms with Gasteiger partial charge >= 0.3 is 0 Å². The van der Waals surface area contributed by atoms with Crippen molar-refractivity contribution in [3.05, 3.63) is 12.3 Å². The number of unbranched alkanes of at least 4 members (excludes halogenated alkanes) is 1. The molecule has 2 heteroatoms. The average Bonchev–Trinajstić information content (AvgIpc) is 1.89. The van der Waals surface area contributed by atoms with Crippen molar-refractivity contribution in [2.45, 2.75) is 32.9 Å². The summed E-state index contributed by atoms with van der Waals surface area (Å²) in [5, 5.41) is 0. The van der Waals surface area contributed by atoms with Crippen LogP contribution in [0.2, 0.25) is 13.1 Å². The highest BCUT2D eigenvalue weighted by molar-refractivity contribution is 6.79. The molecule has 0 saturated carbocycles. The minimum atomic E-state index is -1.20. The molecule has 1 nitrogen and oxygen atoms in total. The van der Waals surface area contributed by atoms with E-state index in [4.69, 9.17) is 0 Å². The van der Waals surface area contributed by atoms with Crippen molar-refractivity contribution < 1.29 is 0 Å². The second kappa shape index (κ2) is 4.69. The van der Waals surface area contributed by atoms with Gasteiger partial charge in [0.25, 0.3) is 0 Å². The summed E-state index contributed by atoms with van der Waals surface area (Å²) in [5.74, 6) is 0. The Morgan fingerprint density at radius 3 is 2.50 bits per heavy atom. The Morgan fingerprint density at radius 1 is 1.50 bits per heavy atom. The Labute approximate surface area is 65.6 Å². The van der Waals surface area contributed by atoms with Gasteiger partial charge in [-0.2, -0.15) is 0 Å². The molecule has 0 rings (SSSR count). The molecule has 0 atom stereocenters. The molecule has 0 aromatic carbocycles. The van der Waals surface area contributed by atoms with E-state index in [-0.39, 0.29) is 0 Å². The predicted octanol–water partition coefficient (Wildman–Crippen LogP) is 2.31. The summed E-state index contributed by atoms with van der Waals surface area (Å²) in [7, 11) is -1.20. The van der Waals surface area contributed by atoms with E-state index in [1.54, 1.807) is 0 Å². The van der Waals surface area contributed by atoms with E-state index in [1.165, 1.54) is 12.8 Å². The summed E-state index contributed by atoms with van der Waals surface area (Å²) in [4.78, 5) is 3.53. The first-order chi connectivity index (χ1) is 4.62. The molecule has 0 heterocycles. The maximum Gasteiger partial charge on any atom is 0.143 e. The molecule has 0 fully saturated rings. The molecular weight excluding hydrogens is 138 g/mol. The molecule has 0 radical (unpaired) electrons. The van der Waals surface area contributed by atoms with Gasteiger partial charge in [-0.1, -0.05) is 32.1 Å². The zero-order chi connectivity index (χ0) is 8.04. The highest BCUT2D eigenvalue weighted by Crippen LogP contribution is 1.97. The van der Waals surface area contributed by atoms with Gasteiger partial charge < -0.3 is 4.98 Å². The molecule has 0 spiro atoms. The number of hydrogen-bond donors (Lipinski definition) is 1. The zero-order valence-corrected chi connectivity index (χ0v) is 8.41. The summed E-state index contributed by atoms with van der Waals surface area (Å²) in [6, 6.07) is 0. The summed E-state index contributed by atoms with van der Waals surface area (Å²) in [6.07, 6.45) is 2.55. The van der Waals surface area contributed by atoms with Crippen molar-refractivity contribution in [2.75, 3.05) is 6.54 Å². The Morgan fingerprint density at radius 2 is 2.10 bits per heavy atom. The SMILES string of the molecule is C=C[Si](C)(C)NCCCC. The van der Waals surface area contributed by atoms with E-state index < -0.39 is 8.24 Å². The molecule has 0 bridgehead atoms. The molecule has 10 heavy (non-hydrogen) atoms. The van der Waals surface area contributed by atoms with E-state index in [2.05, 4.69) is 37.3 Å². The maximum atomic E-state index is 3.81. The van der Waals surface area contributed by atoms with E-state index in [9.17, 15) is 0 Å². The van der Waals surface area contributed by atoms with Crippen molar-refractivity contribution >= 4 is 8.24 Å². The first-order valence-corrected chi connectivity index (χ1v) is 7.08. The van der Waals surface area contributed by atoms with E-state index >= 15 is 0 Å². The van der Waals surface area contributed by atoms with Gasteiger partial charge in [-0.15, -0.1) is 6.58 Å². The predicted molar refractivity (Wildman–Crippen MR) is 50.6 cm³/mol. The highest BCUT2D eigenvalue weighted by Gasteiger charge is 2.13. The zero-order valence-electron chi connectivity index (χ0n) is 7.41. The molecule has 0 aliphatic rings. The quantitative estimate of drug-likeness (QED) is 0.477. The van der Waals surface area contributed by atoms with Gasteiger partial charge in [0.15, 0.2) is 0 Å². The van der Waals surface area contributed by atoms with Gasteiger partial charge in [-0.25, -0.2) is 0 Å². The van der Waals surface area contributed by atoms with E-state index in [0.29, 0.717) is 0 Å². The first-order valence-electron chi connectivity index (χ1n) is 4.01. The van der Waals surface area contributed by atoms with Crippen LogP contribution in [0.25, 0.3) is 0 Å². The molecule has 0 aromatic heterocycles. The lowest BCUT2D eigenvalue weighted by Crippen LogP contribution is -2.43. The lowest BCUT2D eigenvalue weighted by molar-refractivity contribution is 0.757. The first kappa shape index (κ1) is 9.92. The molecule has 1 N–H and O–H groups in total. The third-order valence-corrected chi connectivity index (χ3v) is 3.80. The lowest BCUT2D eigenvalue weighted by atomic mass is 10.3. The fourth-order valence-corrected chi connectivity index (χ4v) is 1.62. The van der Waals surface area contributed by atoms with Crippen LogP contribution in [0.15, 0.2) is 12.3 Å². The second-order valence-electron chi connectivity index (χ2n) is 3.21. The summed E-state index contributed by atoms with van der Waals surface area (Å²) in [6.45, 7) is 11.7. The van der Waals surface area contributed by atoms with Crippen LogP contribution >= 0.6 is 0 Å². The smallest absolute Gasteiger partial charge is 0.143 e. The van der Waals surface area contributed by atoms with Crippen molar-refractivity contribution in [2.24, 2.45) is 0 Å². The van der Waals surface area contributed by atoms with Gasteiger partial charge in [0, 0.05) is 0 Å². The topological polar surface area (TPSA) is 12.0 Å². The fourth-order valence-electron chi connectivity index (χ4n) is 0.660. The van der Waals surface area contributed by atoms with Crippen LogP contribution < -0.4 is 4.98 Å². The Balaban J connectivity index is 3.37. The van der Waals surface area contributed by atoms with Crippen molar-refractivity contribution in [1.29, 1.82) is 0 Å². The Hall–Kier alpha value is -0.0831. The highest BCUT2D eigenvalue weighted by atomic mass is 28.3. The molecule has 0 saturated heterocycles. The second-order valence-corrected chi connectivity index (χ2v) is 7.41. The minimum absolute atomic E-state index is 1.15. The molecule has 0 unspecified atom stereocenters. The summed E-state index contributed by atoms with van der Waals surface area (Å²) >= 11 is 0. The van der Waals surface area contributed by atoms with Crippen LogP contribution in [0.4, 0.5) is 0 Å². The van der Waals surface area contributed by atoms with Crippen molar-refractivity contribution in [1.82, 2.24) is 4.98 Å². The van der Waals surface area contributed by atoms with Crippen LogP contribution in [0.5, 0.6) is 0 Å².